The number of benzene rings is 1. The number of fused-ring (bicyclic) bond motifs is 1. The third-order valence-electron chi connectivity index (χ3n) is 4.10. The number of aromatic carboxylic acids is 1. The summed E-state index contributed by atoms with van der Waals surface area (Å²) in [5, 5.41) is 10.2. The Labute approximate surface area is 123 Å². The van der Waals surface area contributed by atoms with E-state index in [-0.39, 0.29) is 5.82 Å². The van der Waals surface area contributed by atoms with Crippen LogP contribution >= 0.6 is 0 Å². The molecule has 1 aliphatic heterocycles. The first-order valence-electron chi connectivity index (χ1n) is 7.43. The maximum Gasteiger partial charge on any atom is 0.374 e. The summed E-state index contributed by atoms with van der Waals surface area (Å²) in [6, 6.07) is 7.99. The number of anilines is 1. The molecule has 0 amide bonds. The van der Waals surface area contributed by atoms with Crippen LogP contribution in [0, 0.1) is 0 Å². The maximum atomic E-state index is 11.3. The van der Waals surface area contributed by atoms with Gasteiger partial charge in [-0.3, -0.25) is 0 Å². The number of para-hydroxylation sites is 1. The van der Waals surface area contributed by atoms with Gasteiger partial charge in [0.2, 0.25) is 5.82 Å². The molecule has 5 nitrogen and oxygen atoms in total. The van der Waals surface area contributed by atoms with Crippen LogP contribution in [-0.4, -0.2) is 33.6 Å². The molecule has 0 bridgehead atoms. The van der Waals surface area contributed by atoms with Crippen molar-refractivity contribution >= 4 is 22.7 Å². The van der Waals surface area contributed by atoms with Crippen molar-refractivity contribution in [2.45, 2.75) is 38.6 Å². The molecule has 1 aromatic heterocycles. The summed E-state index contributed by atoms with van der Waals surface area (Å²) in [5.41, 5.74) is 0.691. The van der Waals surface area contributed by atoms with Gasteiger partial charge in [0.05, 0.1) is 5.52 Å². The first-order chi connectivity index (χ1) is 10.2. The van der Waals surface area contributed by atoms with Gasteiger partial charge in [0, 0.05) is 18.0 Å². The second-order valence-electron chi connectivity index (χ2n) is 5.58. The number of rotatable bonds is 2. The molecule has 21 heavy (non-hydrogen) atoms. The Hall–Kier alpha value is -2.17. The summed E-state index contributed by atoms with van der Waals surface area (Å²) in [5.74, 6) is -0.447. The van der Waals surface area contributed by atoms with Gasteiger partial charge in [-0.05, 0) is 31.9 Å². The number of carboxylic acid groups (broad SMARTS) is 1. The molecule has 5 heteroatoms. The van der Waals surface area contributed by atoms with E-state index < -0.39 is 5.97 Å². The molecule has 0 spiro atoms. The predicted molar refractivity (Wildman–Crippen MR) is 81.8 cm³/mol. The molecule has 0 radical (unpaired) electrons. The van der Waals surface area contributed by atoms with E-state index in [9.17, 15) is 9.90 Å². The van der Waals surface area contributed by atoms with E-state index in [2.05, 4.69) is 21.8 Å². The average Bonchev–Trinajstić information content (AvgIpc) is 2.70. The summed E-state index contributed by atoms with van der Waals surface area (Å²) < 4.78 is 0. The lowest BCUT2D eigenvalue weighted by Crippen LogP contribution is -2.33. The predicted octanol–water partition coefficient (Wildman–Crippen LogP) is 3.10. The molecule has 2 aromatic rings. The normalized spacial score (nSPS) is 19.5. The molecule has 0 aliphatic carbocycles. The van der Waals surface area contributed by atoms with Crippen molar-refractivity contribution in [3.8, 4) is 0 Å². The Kier molecular flexibility index (Phi) is 3.73. The zero-order chi connectivity index (χ0) is 14.8. The summed E-state index contributed by atoms with van der Waals surface area (Å²) >= 11 is 0. The van der Waals surface area contributed by atoms with Crippen LogP contribution in [0.5, 0.6) is 0 Å². The van der Waals surface area contributed by atoms with E-state index in [0.29, 0.717) is 11.6 Å². The van der Waals surface area contributed by atoms with E-state index >= 15 is 0 Å². The van der Waals surface area contributed by atoms with Crippen molar-refractivity contribution in [1.82, 2.24) is 9.97 Å². The van der Waals surface area contributed by atoms with E-state index in [1.54, 1.807) is 0 Å². The van der Waals surface area contributed by atoms with Crippen LogP contribution in [0.25, 0.3) is 10.9 Å². The molecule has 1 saturated heterocycles. The second-order valence-corrected chi connectivity index (χ2v) is 5.58. The maximum absolute atomic E-state index is 11.3. The monoisotopic (exact) mass is 285 g/mol. The van der Waals surface area contributed by atoms with Gasteiger partial charge in [-0.25, -0.2) is 14.8 Å². The highest BCUT2D eigenvalue weighted by Crippen LogP contribution is 2.28. The average molecular weight is 285 g/mol. The molecule has 3 rings (SSSR count). The van der Waals surface area contributed by atoms with E-state index in [1.807, 2.05) is 24.3 Å². The lowest BCUT2D eigenvalue weighted by atomic mass is 10.1. The number of carbonyl (C=O) groups is 1. The first-order valence-corrected chi connectivity index (χ1v) is 7.43. The molecule has 1 unspecified atom stereocenters. The van der Waals surface area contributed by atoms with Gasteiger partial charge >= 0.3 is 5.97 Å². The molecule has 2 heterocycles. The molecule has 1 aromatic carbocycles. The Balaban J connectivity index is 2.16. The smallest absolute Gasteiger partial charge is 0.374 e. The van der Waals surface area contributed by atoms with Gasteiger partial charge in [-0.15, -0.1) is 0 Å². The van der Waals surface area contributed by atoms with Crippen LogP contribution in [0.15, 0.2) is 24.3 Å². The van der Waals surface area contributed by atoms with Crippen LogP contribution in [0.2, 0.25) is 0 Å². The molecule has 110 valence electrons. The van der Waals surface area contributed by atoms with Gasteiger partial charge in [0.15, 0.2) is 0 Å². The van der Waals surface area contributed by atoms with Crippen LogP contribution in [0.1, 0.15) is 43.2 Å². The fourth-order valence-electron chi connectivity index (χ4n) is 2.96. The minimum Gasteiger partial charge on any atom is -0.475 e. The summed E-state index contributed by atoms with van der Waals surface area (Å²) in [6.07, 6.45) is 4.66. The van der Waals surface area contributed by atoms with Crippen LogP contribution < -0.4 is 4.90 Å². The Morgan fingerprint density at radius 1 is 1.24 bits per heavy atom. The van der Waals surface area contributed by atoms with Gasteiger partial charge in [0.1, 0.15) is 5.82 Å². The minimum absolute atomic E-state index is 0.125. The van der Waals surface area contributed by atoms with Crippen molar-refractivity contribution in [1.29, 1.82) is 0 Å². The summed E-state index contributed by atoms with van der Waals surface area (Å²) in [4.78, 5) is 22.0. The number of aromatic nitrogens is 2. The van der Waals surface area contributed by atoms with Gasteiger partial charge in [0.25, 0.3) is 0 Å². The fourth-order valence-corrected chi connectivity index (χ4v) is 2.96. The molecular formula is C16H19N3O2. The number of nitrogens with zero attached hydrogens (tertiary/aromatic N) is 3. The van der Waals surface area contributed by atoms with Gasteiger partial charge < -0.3 is 10.0 Å². The Bertz CT molecular complexity index is 672. The molecule has 1 fully saturated rings. The zero-order valence-corrected chi connectivity index (χ0v) is 12.1. The van der Waals surface area contributed by atoms with Gasteiger partial charge in [-0.1, -0.05) is 25.0 Å². The largest absolute Gasteiger partial charge is 0.475 e. The third kappa shape index (κ3) is 2.68. The lowest BCUT2D eigenvalue weighted by Gasteiger charge is -2.29. The zero-order valence-electron chi connectivity index (χ0n) is 12.1. The van der Waals surface area contributed by atoms with Crippen LogP contribution in [0.3, 0.4) is 0 Å². The van der Waals surface area contributed by atoms with Crippen molar-refractivity contribution < 1.29 is 9.90 Å². The third-order valence-corrected chi connectivity index (χ3v) is 4.10. The molecule has 1 aliphatic rings. The number of hydrogen-bond acceptors (Lipinski definition) is 4. The topological polar surface area (TPSA) is 66.3 Å². The highest BCUT2D eigenvalue weighted by Gasteiger charge is 2.22. The van der Waals surface area contributed by atoms with Crippen molar-refractivity contribution in [2.75, 3.05) is 11.4 Å². The summed E-state index contributed by atoms with van der Waals surface area (Å²) in [7, 11) is 0. The quantitative estimate of drug-likeness (QED) is 0.918. The summed E-state index contributed by atoms with van der Waals surface area (Å²) in [6.45, 7) is 3.10. The first kappa shape index (κ1) is 13.8. The SMILES string of the molecule is CC1CCCCCN1c1nc(C(=O)O)nc2ccccc12. The van der Waals surface area contributed by atoms with Crippen molar-refractivity contribution in [3.05, 3.63) is 30.1 Å². The van der Waals surface area contributed by atoms with Crippen molar-refractivity contribution in [3.63, 3.8) is 0 Å². The van der Waals surface area contributed by atoms with E-state index in [4.69, 9.17) is 0 Å². The standard InChI is InChI=1S/C16H19N3O2/c1-11-7-3-2-6-10-19(11)15-12-8-4-5-9-13(12)17-14(18-15)16(20)21/h4-5,8-9,11H,2-3,6-7,10H2,1H3,(H,20,21). The molecule has 1 atom stereocenters. The Morgan fingerprint density at radius 2 is 2.05 bits per heavy atom. The fraction of sp³-hybridized carbons (Fsp3) is 0.438. The highest BCUT2D eigenvalue weighted by atomic mass is 16.4. The Morgan fingerprint density at radius 3 is 2.86 bits per heavy atom. The molecule has 0 saturated carbocycles. The minimum atomic E-state index is -1.08. The lowest BCUT2D eigenvalue weighted by molar-refractivity contribution is 0.0684. The molecular weight excluding hydrogens is 266 g/mol. The van der Waals surface area contributed by atoms with Crippen molar-refractivity contribution in [2.24, 2.45) is 0 Å². The number of hydrogen-bond donors (Lipinski definition) is 1. The second kappa shape index (κ2) is 5.68. The van der Waals surface area contributed by atoms with Crippen LogP contribution in [0.4, 0.5) is 5.82 Å². The number of carboxylic acids is 1. The molecule has 1 N–H and O–H groups in total. The highest BCUT2D eigenvalue weighted by molar-refractivity contribution is 5.94. The van der Waals surface area contributed by atoms with Gasteiger partial charge in [-0.2, -0.15) is 0 Å². The van der Waals surface area contributed by atoms with E-state index in [0.717, 1.165) is 30.6 Å². The van der Waals surface area contributed by atoms with E-state index in [1.165, 1.54) is 12.8 Å². The van der Waals surface area contributed by atoms with Crippen LogP contribution in [-0.2, 0) is 0 Å².